The van der Waals surface area contributed by atoms with Gasteiger partial charge in [0.2, 0.25) is 5.91 Å². The molecule has 0 spiro atoms. The van der Waals surface area contributed by atoms with E-state index in [0.717, 1.165) is 28.2 Å². The van der Waals surface area contributed by atoms with Crippen molar-refractivity contribution in [1.82, 2.24) is 19.8 Å². The second-order valence-electron chi connectivity index (χ2n) is 11.3. The maximum absolute atomic E-state index is 13.1. The van der Waals surface area contributed by atoms with E-state index < -0.39 is 0 Å². The lowest BCUT2D eigenvalue weighted by atomic mass is 9.96. The number of carbonyl (C=O) groups is 1. The van der Waals surface area contributed by atoms with E-state index in [4.69, 9.17) is 17.2 Å². The number of rotatable bonds is 7. The molecule has 0 saturated carbocycles. The van der Waals surface area contributed by atoms with Crippen LogP contribution >= 0.6 is 12.2 Å². The topological polar surface area (TPSA) is 62.2 Å². The summed E-state index contributed by atoms with van der Waals surface area (Å²) in [4.78, 5) is 20.0. The first-order chi connectivity index (χ1) is 19.5. The van der Waals surface area contributed by atoms with Gasteiger partial charge in [-0.05, 0) is 113 Å². The largest absolute Gasteiger partial charge is 0.352 e. The highest BCUT2D eigenvalue weighted by molar-refractivity contribution is 7.80. The number of carbonyl (C=O) groups excluding carboxylic acids is 1. The maximum Gasteiger partial charge on any atom is 0.226 e. The molecule has 0 bridgehead atoms. The number of nitrogens with zero attached hydrogens (tertiary/aromatic N) is 3. The minimum atomic E-state index is -0.139. The minimum Gasteiger partial charge on any atom is -0.352 e. The molecule has 5 rings (SSSR count). The lowest BCUT2D eigenvalue weighted by molar-refractivity contribution is -0.116. The van der Waals surface area contributed by atoms with Gasteiger partial charge in [-0.15, -0.1) is 0 Å². The molecule has 0 aliphatic carbocycles. The Kier molecular flexibility index (Phi) is 8.00. The van der Waals surface area contributed by atoms with Crippen molar-refractivity contribution in [2.24, 2.45) is 0 Å². The van der Waals surface area contributed by atoms with Crippen LogP contribution < -0.4 is 10.6 Å². The van der Waals surface area contributed by atoms with Crippen molar-refractivity contribution in [2.45, 2.75) is 67.0 Å². The number of hydrogen-bond donors (Lipinski definition) is 2. The van der Waals surface area contributed by atoms with Crippen LogP contribution in [0.5, 0.6) is 0 Å². The van der Waals surface area contributed by atoms with Crippen molar-refractivity contribution >= 4 is 28.9 Å². The molecular formula is C34H39N5OS. The van der Waals surface area contributed by atoms with Crippen LogP contribution in [0.3, 0.4) is 0 Å². The third-order valence-electron chi connectivity index (χ3n) is 8.09. The Morgan fingerprint density at radius 1 is 0.927 bits per heavy atom. The predicted molar refractivity (Wildman–Crippen MR) is 171 cm³/mol. The molecule has 0 unspecified atom stereocenters. The molecule has 1 amide bonds. The van der Waals surface area contributed by atoms with Crippen molar-refractivity contribution in [3.63, 3.8) is 0 Å². The Labute approximate surface area is 248 Å². The first-order valence-electron chi connectivity index (χ1n) is 14.2. The number of thiocarbonyl (C=S) groups is 1. The van der Waals surface area contributed by atoms with Crippen LogP contribution in [-0.4, -0.2) is 32.0 Å². The summed E-state index contributed by atoms with van der Waals surface area (Å²) in [6.07, 6.45) is 2.13. The Hall–Kier alpha value is -3.97. The van der Waals surface area contributed by atoms with Crippen LogP contribution in [-0.2, 0) is 4.79 Å². The zero-order chi connectivity index (χ0) is 29.4. The van der Waals surface area contributed by atoms with Crippen LogP contribution in [0.1, 0.15) is 69.0 Å². The average Bonchev–Trinajstić information content (AvgIpc) is 3.40. The predicted octanol–water partition coefficient (Wildman–Crippen LogP) is 7.03. The lowest BCUT2D eigenvalue weighted by Gasteiger charge is -2.28. The Balaban J connectivity index is 1.50. The van der Waals surface area contributed by atoms with Gasteiger partial charge in [0.1, 0.15) is 0 Å². The van der Waals surface area contributed by atoms with Gasteiger partial charge in [-0.3, -0.25) is 9.78 Å². The van der Waals surface area contributed by atoms with E-state index in [1.165, 1.54) is 33.6 Å². The summed E-state index contributed by atoms with van der Waals surface area (Å²) in [5.41, 5.74) is 12.4. The minimum absolute atomic E-state index is 0.0297. The number of anilines is 1. The van der Waals surface area contributed by atoms with Crippen LogP contribution in [0.15, 0.2) is 60.8 Å². The summed E-state index contributed by atoms with van der Waals surface area (Å²) in [6, 6.07) is 18.6. The first-order valence-corrected chi connectivity index (χ1v) is 14.6. The Morgan fingerprint density at radius 3 is 2.34 bits per heavy atom. The molecule has 1 aliphatic heterocycles. The molecule has 212 valence electrons. The third-order valence-corrected chi connectivity index (χ3v) is 8.44. The van der Waals surface area contributed by atoms with Gasteiger partial charge >= 0.3 is 0 Å². The molecule has 2 aromatic carbocycles. The van der Waals surface area contributed by atoms with E-state index in [1.807, 2.05) is 50.4 Å². The molecule has 1 aliphatic rings. The Bertz CT molecular complexity index is 1600. The van der Waals surface area contributed by atoms with Crippen LogP contribution in [0, 0.1) is 48.5 Å². The number of amides is 1. The molecule has 2 aromatic heterocycles. The van der Waals surface area contributed by atoms with Gasteiger partial charge < -0.3 is 20.1 Å². The van der Waals surface area contributed by atoms with E-state index in [0.29, 0.717) is 18.1 Å². The summed E-state index contributed by atoms with van der Waals surface area (Å²) in [5, 5.41) is 7.28. The van der Waals surface area contributed by atoms with E-state index in [9.17, 15) is 4.79 Å². The number of pyridine rings is 1. The molecule has 1 fully saturated rings. The maximum atomic E-state index is 13.1. The fourth-order valence-electron chi connectivity index (χ4n) is 6.25. The normalized spacial score (nSPS) is 16.7. The monoisotopic (exact) mass is 565 g/mol. The van der Waals surface area contributed by atoms with Gasteiger partial charge in [0.25, 0.3) is 0 Å². The zero-order valence-electron chi connectivity index (χ0n) is 25.0. The molecule has 7 heteroatoms. The second kappa shape index (κ2) is 11.5. The standard InChI is InChI=1S/C34H39N5OS/c1-20-11-12-22(3)29(18-20)36-30(40)13-15-38-33(31(37-34(38)41)28-10-8-9-14-35-28)27-19-25(6)39(26(27)7)32-23(4)16-21(2)17-24(32)5/h8-12,14,16-19,31,33H,13,15H2,1-7H3,(H,36,40)(H,37,41)/t31-,33+/m1/s1. The van der Waals surface area contributed by atoms with Crippen molar-refractivity contribution in [3.05, 3.63) is 111 Å². The molecule has 0 radical (unpaired) electrons. The van der Waals surface area contributed by atoms with E-state index in [2.05, 4.69) is 79.0 Å². The fourth-order valence-corrected chi connectivity index (χ4v) is 6.58. The zero-order valence-corrected chi connectivity index (χ0v) is 25.8. The molecule has 2 atom stereocenters. The molecule has 1 saturated heterocycles. The van der Waals surface area contributed by atoms with Gasteiger partial charge in [0.15, 0.2) is 5.11 Å². The van der Waals surface area contributed by atoms with E-state index >= 15 is 0 Å². The Morgan fingerprint density at radius 2 is 1.66 bits per heavy atom. The molecular weight excluding hydrogens is 526 g/mol. The van der Waals surface area contributed by atoms with Crippen molar-refractivity contribution in [1.29, 1.82) is 0 Å². The van der Waals surface area contributed by atoms with Crippen molar-refractivity contribution in [2.75, 3.05) is 11.9 Å². The molecule has 3 heterocycles. The van der Waals surface area contributed by atoms with Crippen LogP contribution in [0.25, 0.3) is 5.69 Å². The number of hydrogen-bond acceptors (Lipinski definition) is 3. The van der Waals surface area contributed by atoms with Gasteiger partial charge in [0.05, 0.1) is 23.5 Å². The van der Waals surface area contributed by atoms with Crippen molar-refractivity contribution in [3.8, 4) is 5.69 Å². The number of nitrogens with one attached hydrogen (secondary N) is 2. The van der Waals surface area contributed by atoms with Gasteiger partial charge in [-0.1, -0.05) is 35.9 Å². The van der Waals surface area contributed by atoms with Crippen LogP contribution in [0.2, 0.25) is 0 Å². The lowest BCUT2D eigenvalue weighted by Crippen LogP contribution is -2.33. The molecule has 2 N–H and O–H groups in total. The molecule has 4 aromatic rings. The van der Waals surface area contributed by atoms with Gasteiger partial charge in [0, 0.05) is 36.2 Å². The van der Waals surface area contributed by atoms with Gasteiger partial charge in [-0.2, -0.15) is 0 Å². The second-order valence-corrected chi connectivity index (χ2v) is 11.7. The number of aromatic nitrogens is 2. The number of aryl methyl sites for hydroxylation is 6. The highest BCUT2D eigenvalue weighted by Gasteiger charge is 2.41. The van der Waals surface area contributed by atoms with E-state index in [-0.39, 0.29) is 18.0 Å². The fraction of sp³-hybridized carbons (Fsp3) is 0.324. The van der Waals surface area contributed by atoms with E-state index in [1.54, 1.807) is 0 Å². The van der Waals surface area contributed by atoms with Crippen molar-refractivity contribution < 1.29 is 4.79 Å². The quantitative estimate of drug-likeness (QED) is 0.236. The molecule has 6 nitrogen and oxygen atoms in total. The molecule has 41 heavy (non-hydrogen) atoms. The highest BCUT2D eigenvalue weighted by Crippen LogP contribution is 2.42. The first kappa shape index (κ1) is 28.6. The summed E-state index contributed by atoms with van der Waals surface area (Å²) in [7, 11) is 0. The van der Waals surface area contributed by atoms with Gasteiger partial charge in [-0.25, -0.2) is 0 Å². The summed E-state index contributed by atoms with van der Waals surface area (Å²) in [5.74, 6) is -0.0297. The summed E-state index contributed by atoms with van der Waals surface area (Å²) >= 11 is 5.89. The average molecular weight is 566 g/mol. The smallest absolute Gasteiger partial charge is 0.226 e. The highest BCUT2D eigenvalue weighted by atomic mass is 32.1. The third kappa shape index (κ3) is 5.64. The summed E-state index contributed by atoms with van der Waals surface area (Å²) in [6.45, 7) is 15.4. The SMILES string of the molecule is Cc1cc(C)c(-n2c(C)cc([C@H]3[C@@H](c4ccccn4)NC(=S)N3CCC(=O)Nc3cc(C)ccc3C)c2C)c(C)c1. The van der Waals surface area contributed by atoms with Crippen LogP contribution in [0.4, 0.5) is 5.69 Å². The summed E-state index contributed by atoms with van der Waals surface area (Å²) < 4.78 is 2.36. The number of benzene rings is 2.